The maximum atomic E-state index is 10.9. The van der Waals surface area contributed by atoms with Crippen molar-refractivity contribution in [2.24, 2.45) is 0 Å². The van der Waals surface area contributed by atoms with Crippen LogP contribution in [0.5, 0.6) is 0 Å². The van der Waals surface area contributed by atoms with E-state index in [1.807, 2.05) is 0 Å². The molecule has 0 bridgehead atoms. The van der Waals surface area contributed by atoms with E-state index in [1.165, 1.54) is 0 Å². The van der Waals surface area contributed by atoms with E-state index in [-0.39, 0.29) is 19.3 Å². The quantitative estimate of drug-likeness (QED) is 0.759. The lowest BCUT2D eigenvalue weighted by Crippen LogP contribution is -2.02. The fourth-order valence-electron chi connectivity index (χ4n) is 1.63. The van der Waals surface area contributed by atoms with Crippen LogP contribution >= 0.6 is 34.8 Å². The van der Waals surface area contributed by atoms with Crippen molar-refractivity contribution in [3.63, 3.8) is 0 Å². The van der Waals surface area contributed by atoms with E-state index < -0.39 is 15.7 Å². The third-order valence-corrected chi connectivity index (χ3v) is 2.54. The van der Waals surface area contributed by atoms with E-state index in [4.69, 9.17) is 34.8 Å². The third kappa shape index (κ3) is 5.63. The summed E-state index contributed by atoms with van der Waals surface area (Å²) in [6.45, 7) is 0. The van der Waals surface area contributed by atoms with Crippen molar-refractivity contribution >= 4 is 50.5 Å². The lowest BCUT2D eigenvalue weighted by Gasteiger charge is -2.06. The molecule has 0 heterocycles. The minimum Gasteiger partial charge on any atom is -0.281 e. The van der Waals surface area contributed by atoms with Crippen LogP contribution in [-0.4, -0.2) is 15.7 Å². The molecule has 18 heavy (non-hydrogen) atoms. The lowest BCUT2D eigenvalue weighted by molar-refractivity contribution is -0.111. The van der Waals surface area contributed by atoms with Crippen LogP contribution in [0.3, 0.4) is 0 Å². The van der Waals surface area contributed by atoms with E-state index in [0.29, 0.717) is 16.7 Å². The van der Waals surface area contributed by atoms with Crippen LogP contribution in [0.15, 0.2) is 18.2 Å². The van der Waals surface area contributed by atoms with Gasteiger partial charge in [0.1, 0.15) is 0 Å². The summed E-state index contributed by atoms with van der Waals surface area (Å²) in [4.78, 5) is 32.6. The maximum absolute atomic E-state index is 10.9. The number of halogens is 3. The minimum atomic E-state index is -0.521. The van der Waals surface area contributed by atoms with Gasteiger partial charge in [0.05, 0.1) is 0 Å². The monoisotopic (exact) mass is 306 g/mol. The normalized spacial score (nSPS) is 10.2. The molecule has 1 rings (SSSR count). The molecular weight excluding hydrogens is 298 g/mol. The van der Waals surface area contributed by atoms with Gasteiger partial charge >= 0.3 is 0 Å². The second-order valence-corrected chi connectivity index (χ2v) is 5.02. The first-order valence-corrected chi connectivity index (χ1v) is 6.17. The van der Waals surface area contributed by atoms with Gasteiger partial charge in [-0.2, -0.15) is 0 Å². The van der Waals surface area contributed by atoms with Crippen LogP contribution in [0, 0.1) is 0 Å². The number of hydrogen-bond donors (Lipinski definition) is 0. The predicted molar refractivity (Wildman–Crippen MR) is 70.1 cm³/mol. The Hall–Kier alpha value is -0.900. The Labute approximate surface area is 119 Å². The highest BCUT2D eigenvalue weighted by Crippen LogP contribution is 2.15. The van der Waals surface area contributed by atoms with Crippen LogP contribution in [0.25, 0.3) is 0 Å². The van der Waals surface area contributed by atoms with Gasteiger partial charge in [-0.05, 0) is 51.5 Å². The molecule has 96 valence electrons. The van der Waals surface area contributed by atoms with E-state index >= 15 is 0 Å². The largest absolute Gasteiger partial charge is 0.281 e. The molecular formula is C12H9Cl3O3. The standard InChI is InChI=1S/C12H9Cl3O3/c13-10(16)4-7-1-8(5-11(14)17)3-9(2-7)6-12(15)18/h1-3H,4-6H2. The van der Waals surface area contributed by atoms with Crippen LogP contribution in [0.1, 0.15) is 16.7 Å². The highest BCUT2D eigenvalue weighted by atomic mass is 35.5. The zero-order chi connectivity index (χ0) is 13.7. The zero-order valence-corrected chi connectivity index (χ0v) is 11.5. The summed E-state index contributed by atoms with van der Waals surface area (Å²) >= 11 is 15.9. The molecule has 1 aromatic carbocycles. The Balaban J connectivity index is 3.06. The molecule has 0 amide bonds. The molecule has 0 aliphatic rings. The topological polar surface area (TPSA) is 51.2 Å². The molecule has 0 aromatic heterocycles. The molecule has 0 unspecified atom stereocenters. The van der Waals surface area contributed by atoms with Crippen molar-refractivity contribution < 1.29 is 14.4 Å². The third-order valence-electron chi connectivity index (χ3n) is 2.14. The molecule has 0 aliphatic carbocycles. The van der Waals surface area contributed by atoms with Gasteiger partial charge in [-0.3, -0.25) is 14.4 Å². The fourth-order valence-corrected chi connectivity index (χ4v) is 2.09. The van der Waals surface area contributed by atoms with Crippen molar-refractivity contribution in [1.82, 2.24) is 0 Å². The van der Waals surface area contributed by atoms with Crippen LogP contribution in [0.4, 0.5) is 0 Å². The van der Waals surface area contributed by atoms with Gasteiger partial charge in [-0.1, -0.05) is 18.2 Å². The summed E-state index contributed by atoms with van der Waals surface area (Å²) in [5, 5.41) is -1.56. The van der Waals surface area contributed by atoms with Gasteiger partial charge < -0.3 is 0 Å². The molecule has 0 radical (unpaired) electrons. The highest BCUT2D eigenvalue weighted by molar-refractivity contribution is 6.64. The van der Waals surface area contributed by atoms with Crippen molar-refractivity contribution in [3.8, 4) is 0 Å². The van der Waals surface area contributed by atoms with Gasteiger partial charge in [-0.15, -0.1) is 0 Å². The van der Waals surface area contributed by atoms with Crippen molar-refractivity contribution in [3.05, 3.63) is 34.9 Å². The highest BCUT2D eigenvalue weighted by Gasteiger charge is 2.08. The van der Waals surface area contributed by atoms with E-state index in [0.717, 1.165) is 0 Å². The first-order valence-electron chi connectivity index (χ1n) is 5.03. The van der Waals surface area contributed by atoms with Gasteiger partial charge in [-0.25, -0.2) is 0 Å². The van der Waals surface area contributed by atoms with Crippen molar-refractivity contribution in [2.45, 2.75) is 19.3 Å². The second kappa shape index (κ2) is 6.88. The molecule has 1 aromatic rings. The fraction of sp³-hybridized carbons (Fsp3) is 0.250. The molecule has 0 fully saturated rings. The summed E-state index contributed by atoms with van der Waals surface area (Å²) in [6.07, 6.45) is 0.0695. The molecule has 0 saturated carbocycles. The number of hydrogen-bond acceptors (Lipinski definition) is 3. The molecule has 0 atom stereocenters. The van der Waals surface area contributed by atoms with E-state index in [9.17, 15) is 14.4 Å². The number of carbonyl (C=O) groups is 3. The Morgan fingerprint density at radius 1 is 0.667 bits per heavy atom. The van der Waals surface area contributed by atoms with E-state index in [2.05, 4.69) is 0 Å². The molecule has 6 heteroatoms. The minimum absolute atomic E-state index is 0.0232. The summed E-state index contributed by atoms with van der Waals surface area (Å²) in [7, 11) is 0. The molecule has 0 saturated heterocycles. The maximum Gasteiger partial charge on any atom is 0.226 e. The Morgan fingerprint density at radius 3 is 1.06 bits per heavy atom. The summed E-state index contributed by atoms with van der Waals surface area (Å²) < 4.78 is 0. The number of rotatable bonds is 6. The van der Waals surface area contributed by atoms with Crippen LogP contribution in [-0.2, 0) is 33.6 Å². The van der Waals surface area contributed by atoms with Crippen molar-refractivity contribution in [1.29, 1.82) is 0 Å². The molecule has 0 N–H and O–H groups in total. The SMILES string of the molecule is O=C(Cl)Cc1cc(CC(=O)Cl)cc(CC(=O)Cl)c1. The summed E-state index contributed by atoms with van der Waals surface area (Å²) in [5.41, 5.74) is 1.87. The smallest absolute Gasteiger partial charge is 0.226 e. The number of benzene rings is 1. The Kier molecular flexibility index (Phi) is 5.79. The molecule has 0 spiro atoms. The van der Waals surface area contributed by atoms with Gasteiger partial charge in [0.2, 0.25) is 15.7 Å². The second-order valence-electron chi connectivity index (χ2n) is 3.75. The Bertz CT molecular complexity index is 414. The lowest BCUT2D eigenvalue weighted by atomic mass is 10.0. The average Bonchev–Trinajstić information content (AvgIpc) is 2.12. The zero-order valence-electron chi connectivity index (χ0n) is 9.21. The van der Waals surface area contributed by atoms with Crippen LogP contribution < -0.4 is 0 Å². The first-order chi connectivity index (χ1) is 8.36. The van der Waals surface area contributed by atoms with Crippen molar-refractivity contribution in [2.75, 3.05) is 0 Å². The Morgan fingerprint density at radius 2 is 0.889 bits per heavy atom. The number of carbonyl (C=O) groups excluding carboxylic acids is 3. The first kappa shape index (κ1) is 15.2. The predicted octanol–water partition coefficient (Wildman–Crippen LogP) is 2.61. The van der Waals surface area contributed by atoms with Gasteiger partial charge in [0.25, 0.3) is 0 Å². The summed E-state index contributed by atoms with van der Waals surface area (Å²) in [6, 6.07) is 4.97. The van der Waals surface area contributed by atoms with Gasteiger partial charge in [0, 0.05) is 19.3 Å². The molecule has 0 aliphatic heterocycles. The van der Waals surface area contributed by atoms with Gasteiger partial charge in [0.15, 0.2) is 0 Å². The molecule has 3 nitrogen and oxygen atoms in total. The summed E-state index contributed by atoms with van der Waals surface area (Å²) in [5.74, 6) is 0. The van der Waals surface area contributed by atoms with E-state index in [1.54, 1.807) is 18.2 Å². The average molecular weight is 308 g/mol. The van der Waals surface area contributed by atoms with Crippen LogP contribution in [0.2, 0.25) is 0 Å².